The van der Waals surface area contributed by atoms with Crippen molar-refractivity contribution in [2.75, 3.05) is 5.73 Å². The lowest BCUT2D eigenvalue weighted by atomic mass is 10.3. The summed E-state index contributed by atoms with van der Waals surface area (Å²) in [6.07, 6.45) is 5.44. The van der Waals surface area contributed by atoms with Crippen LogP contribution in [-0.4, -0.2) is 9.78 Å². The number of rotatable bonds is 4. The SMILES string of the molecule is C[n+]1ccc(Cn2ncc(/N=N/c3ccc(F)c(Cl)c3)c2N)cc1.[Cl-]. The van der Waals surface area contributed by atoms with Crippen molar-refractivity contribution >= 4 is 28.8 Å². The second kappa shape index (κ2) is 8.04. The number of nitrogen functional groups attached to an aromatic ring is 1. The molecule has 0 fully saturated rings. The van der Waals surface area contributed by atoms with Gasteiger partial charge in [-0.25, -0.2) is 13.6 Å². The maximum atomic E-state index is 13.1. The van der Waals surface area contributed by atoms with Gasteiger partial charge in [-0.3, -0.25) is 0 Å². The fourth-order valence-corrected chi connectivity index (χ4v) is 2.23. The monoisotopic (exact) mass is 380 g/mol. The minimum absolute atomic E-state index is 0. The Hall–Kier alpha value is -2.51. The molecule has 9 heteroatoms. The van der Waals surface area contributed by atoms with Gasteiger partial charge in [0.05, 0.1) is 23.5 Å². The maximum Gasteiger partial charge on any atom is 0.168 e. The first-order chi connectivity index (χ1) is 11.5. The standard InChI is InChI=1S/C16H15ClFN6.ClH/c1-23-6-4-11(5-7-23)10-24-16(19)15(9-20-24)22-21-12-2-3-14(18)13(17)8-12;/h2-9H,10,19H2,1H3;1H/q+1;/p-1/b22-21+;. The van der Waals surface area contributed by atoms with Crippen molar-refractivity contribution in [1.29, 1.82) is 0 Å². The predicted octanol–water partition coefficient (Wildman–Crippen LogP) is 0.550. The summed E-state index contributed by atoms with van der Waals surface area (Å²) in [5.74, 6) is -0.0978. The quantitative estimate of drug-likeness (QED) is 0.530. The van der Waals surface area contributed by atoms with Gasteiger partial charge in [0.15, 0.2) is 12.4 Å². The van der Waals surface area contributed by atoms with E-state index in [-0.39, 0.29) is 17.4 Å². The van der Waals surface area contributed by atoms with E-state index in [2.05, 4.69) is 15.3 Å². The van der Waals surface area contributed by atoms with Crippen molar-refractivity contribution in [3.8, 4) is 0 Å². The third-order valence-corrected chi connectivity index (χ3v) is 3.71. The minimum atomic E-state index is -0.501. The molecule has 2 aromatic heterocycles. The zero-order valence-electron chi connectivity index (χ0n) is 13.3. The van der Waals surface area contributed by atoms with E-state index >= 15 is 0 Å². The predicted molar refractivity (Wildman–Crippen MR) is 88.9 cm³/mol. The van der Waals surface area contributed by atoms with Crippen molar-refractivity contribution in [3.05, 3.63) is 65.3 Å². The Morgan fingerprint density at radius 2 is 1.96 bits per heavy atom. The number of benzene rings is 1. The molecule has 1 aromatic carbocycles. The average Bonchev–Trinajstić information content (AvgIpc) is 2.91. The summed E-state index contributed by atoms with van der Waals surface area (Å²) in [4.78, 5) is 0. The van der Waals surface area contributed by atoms with Gasteiger partial charge in [0, 0.05) is 12.1 Å². The van der Waals surface area contributed by atoms with Gasteiger partial charge in [0.2, 0.25) is 0 Å². The third kappa shape index (κ3) is 4.52. The molecule has 130 valence electrons. The summed E-state index contributed by atoms with van der Waals surface area (Å²) in [5.41, 5.74) is 8.00. The van der Waals surface area contributed by atoms with Crippen LogP contribution in [0.15, 0.2) is 59.2 Å². The number of nitrogens with zero attached hydrogens (tertiary/aromatic N) is 5. The number of azo groups is 1. The molecule has 0 aliphatic heterocycles. The van der Waals surface area contributed by atoms with Gasteiger partial charge in [0.25, 0.3) is 0 Å². The van der Waals surface area contributed by atoms with Gasteiger partial charge in [-0.1, -0.05) is 11.6 Å². The lowest BCUT2D eigenvalue weighted by molar-refractivity contribution is -0.671. The molecule has 6 nitrogen and oxygen atoms in total. The molecule has 0 aliphatic carbocycles. The Balaban J connectivity index is 0.00000225. The highest BCUT2D eigenvalue weighted by Gasteiger charge is 2.08. The summed E-state index contributed by atoms with van der Waals surface area (Å²) < 4.78 is 16.7. The van der Waals surface area contributed by atoms with Crippen molar-refractivity contribution < 1.29 is 21.4 Å². The molecule has 0 unspecified atom stereocenters. The lowest BCUT2D eigenvalue weighted by Gasteiger charge is -2.03. The van der Waals surface area contributed by atoms with E-state index in [0.29, 0.717) is 23.7 Å². The number of pyridine rings is 1. The first-order valence-corrected chi connectivity index (χ1v) is 7.53. The molecule has 0 aliphatic rings. The molecular formula is C16H15Cl2FN6. The van der Waals surface area contributed by atoms with Gasteiger partial charge in [0.1, 0.15) is 24.4 Å². The molecule has 0 saturated heterocycles. The second-order valence-electron chi connectivity index (χ2n) is 5.24. The van der Waals surface area contributed by atoms with Crippen LogP contribution in [0.2, 0.25) is 5.02 Å². The van der Waals surface area contributed by atoms with Gasteiger partial charge in [-0.15, -0.1) is 5.11 Å². The van der Waals surface area contributed by atoms with Crippen molar-refractivity contribution in [1.82, 2.24) is 9.78 Å². The highest BCUT2D eigenvalue weighted by Crippen LogP contribution is 2.26. The first-order valence-electron chi connectivity index (χ1n) is 7.15. The molecule has 0 atom stereocenters. The number of aryl methyl sites for hydroxylation is 1. The highest BCUT2D eigenvalue weighted by atomic mass is 35.5. The molecule has 3 rings (SSSR count). The van der Waals surface area contributed by atoms with Crippen LogP contribution in [0.1, 0.15) is 5.56 Å². The molecule has 0 radical (unpaired) electrons. The van der Waals surface area contributed by atoms with Crippen molar-refractivity contribution in [2.45, 2.75) is 6.54 Å². The zero-order valence-corrected chi connectivity index (χ0v) is 14.8. The van der Waals surface area contributed by atoms with E-state index in [0.717, 1.165) is 5.56 Å². The van der Waals surface area contributed by atoms with Crippen LogP contribution in [-0.2, 0) is 13.6 Å². The van der Waals surface area contributed by atoms with Crippen LogP contribution in [0.25, 0.3) is 0 Å². The molecule has 2 heterocycles. The van der Waals surface area contributed by atoms with E-state index < -0.39 is 5.82 Å². The largest absolute Gasteiger partial charge is 1.00 e. The number of anilines is 1. The summed E-state index contributed by atoms with van der Waals surface area (Å²) in [6, 6.07) is 8.09. The smallest absolute Gasteiger partial charge is 0.168 e. The fraction of sp³-hybridized carbons (Fsp3) is 0.125. The van der Waals surface area contributed by atoms with Crippen LogP contribution in [0.3, 0.4) is 0 Å². The molecule has 0 saturated carbocycles. The molecular weight excluding hydrogens is 366 g/mol. The fourth-order valence-electron chi connectivity index (χ4n) is 2.06. The van der Waals surface area contributed by atoms with Gasteiger partial charge < -0.3 is 18.1 Å². The minimum Gasteiger partial charge on any atom is -1.00 e. The highest BCUT2D eigenvalue weighted by molar-refractivity contribution is 6.30. The number of halogens is 3. The number of hydrogen-bond donors (Lipinski definition) is 1. The van der Waals surface area contributed by atoms with Gasteiger partial charge in [-0.2, -0.15) is 10.2 Å². The normalized spacial score (nSPS) is 10.8. The van der Waals surface area contributed by atoms with E-state index in [1.54, 1.807) is 4.68 Å². The second-order valence-corrected chi connectivity index (χ2v) is 5.65. The Morgan fingerprint density at radius 3 is 2.64 bits per heavy atom. The number of hydrogen-bond acceptors (Lipinski definition) is 4. The Morgan fingerprint density at radius 1 is 1.24 bits per heavy atom. The Kier molecular flexibility index (Phi) is 6.06. The summed E-state index contributed by atoms with van der Waals surface area (Å²) in [5, 5.41) is 12.3. The Labute approximate surface area is 155 Å². The van der Waals surface area contributed by atoms with Crippen molar-refractivity contribution in [3.63, 3.8) is 0 Å². The number of nitrogens with two attached hydrogens (primary N) is 1. The lowest BCUT2D eigenvalue weighted by Crippen LogP contribution is -3.00. The van der Waals surface area contributed by atoms with Crippen LogP contribution in [0.5, 0.6) is 0 Å². The van der Waals surface area contributed by atoms with Crippen LogP contribution in [0.4, 0.5) is 21.6 Å². The summed E-state index contributed by atoms with van der Waals surface area (Å²) in [6.45, 7) is 0.532. The number of aromatic nitrogens is 3. The van der Waals surface area contributed by atoms with E-state index in [1.807, 2.05) is 36.1 Å². The van der Waals surface area contributed by atoms with Crippen LogP contribution >= 0.6 is 11.6 Å². The maximum absolute atomic E-state index is 13.1. The van der Waals surface area contributed by atoms with Crippen LogP contribution < -0.4 is 22.7 Å². The molecule has 0 bridgehead atoms. The molecule has 0 spiro atoms. The van der Waals surface area contributed by atoms with Gasteiger partial charge in [-0.05, 0) is 23.8 Å². The van der Waals surface area contributed by atoms with Crippen molar-refractivity contribution in [2.24, 2.45) is 17.3 Å². The molecule has 0 amide bonds. The first kappa shape index (κ1) is 18.8. The topological polar surface area (TPSA) is 72.4 Å². The third-order valence-electron chi connectivity index (χ3n) is 3.42. The van der Waals surface area contributed by atoms with E-state index in [9.17, 15) is 4.39 Å². The van der Waals surface area contributed by atoms with Gasteiger partial charge >= 0.3 is 0 Å². The summed E-state index contributed by atoms with van der Waals surface area (Å²) in [7, 11) is 1.95. The van der Waals surface area contributed by atoms with E-state index in [1.165, 1.54) is 24.4 Å². The van der Waals surface area contributed by atoms with Crippen LogP contribution in [0, 0.1) is 5.82 Å². The molecule has 3 aromatic rings. The zero-order chi connectivity index (χ0) is 17.1. The average molecular weight is 381 g/mol. The van der Waals surface area contributed by atoms with E-state index in [4.69, 9.17) is 17.3 Å². The molecule has 25 heavy (non-hydrogen) atoms. The Bertz CT molecular complexity index is 892. The molecule has 2 N–H and O–H groups in total. The summed E-state index contributed by atoms with van der Waals surface area (Å²) >= 11 is 5.71.